The third-order valence-corrected chi connectivity index (χ3v) is 3.72. The molecule has 1 aromatic heterocycles. The number of rotatable bonds is 5. The Bertz CT molecular complexity index is 394. The maximum absolute atomic E-state index is 12.5. The lowest BCUT2D eigenvalue weighted by Gasteiger charge is -2.28. The second-order valence-corrected chi connectivity index (χ2v) is 4.97. The SMILES string of the molecule is Cc1occc1C(=O)N(CCCN)C1CCCC1. The summed E-state index contributed by atoms with van der Waals surface area (Å²) in [6, 6.07) is 2.15. The Balaban J connectivity index is 2.12. The minimum absolute atomic E-state index is 0.0987. The van der Waals surface area contributed by atoms with Crippen LogP contribution in [0.15, 0.2) is 16.7 Å². The Kier molecular flexibility index (Phi) is 4.42. The van der Waals surface area contributed by atoms with Crippen LogP contribution in [0.25, 0.3) is 0 Å². The zero-order valence-electron chi connectivity index (χ0n) is 11.0. The van der Waals surface area contributed by atoms with Crippen molar-refractivity contribution in [3.63, 3.8) is 0 Å². The van der Waals surface area contributed by atoms with Crippen LogP contribution in [0.3, 0.4) is 0 Å². The highest BCUT2D eigenvalue weighted by atomic mass is 16.3. The summed E-state index contributed by atoms with van der Waals surface area (Å²) in [5.74, 6) is 0.803. The van der Waals surface area contributed by atoms with Crippen molar-refractivity contribution in [2.45, 2.75) is 45.1 Å². The van der Waals surface area contributed by atoms with E-state index in [1.54, 1.807) is 12.3 Å². The van der Waals surface area contributed by atoms with E-state index in [-0.39, 0.29) is 5.91 Å². The van der Waals surface area contributed by atoms with Gasteiger partial charge in [0.25, 0.3) is 5.91 Å². The molecule has 1 heterocycles. The molecule has 1 amide bonds. The van der Waals surface area contributed by atoms with E-state index in [0.29, 0.717) is 23.9 Å². The van der Waals surface area contributed by atoms with Crippen molar-refractivity contribution in [3.8, 4) is 0 Å². The van der Waals surface area contributed by atoms with Crippen LogP contribution in [0.4, 0.5) is 0 Å². The summed E-state index contributed by atoms with van der Waals surface area (Å²) in [6.07, 6.45) is 7.13. The Labute approximate surface area is 108 Å². The van der Waals surface area contributed by atoms with Gasteiger partial charge in [-0.3, -0.25) is 4.79 Å². The van der Waals surface area contributed by atoms with Crippen LogP contribution in [0, 0.1) is 6.92 Å². The van der Waals surface area contributed by atoms with Crippen LogP contribution < -0.4 is 5.73 Å². The third kappa shape index (κ3) is 2.75. The fourth-order valence-electron chi connectivity index (χ4n) is 2.69. The summed E-state index contributed by atoms with van der Waals surface area (Å²) in [6.45, 7) is 3.22. The van der Waals surface area contributed by atoms with Crippen LogP contribution in [-0.4, -0.2) is 29.9 Å². The summed E-state index contributed by atoms with van der Waals surface area (Å²) in [5, 5.41) is 0. The zero-order valence-corrected chi connectivity index (χ0v) is 11.0. The highest BCUT2D eigenvalue weighted by Crippen LogP contribution is 2.25. The molecule has 4 heteroatoms. The van der Waals surface area contributed by atoms with Gasteiger partial charge in [-0.15, -0.1) is 0 Å². The van der Waals surface area contributed by atoms with E-state index in [4.69, 9.17) is 10.2 Å². The topological polar surface area (TPSA) is 59.5 Å². The molecule has 4 nitrogen and oxygen atoms in total. The average Bonchev–Trinajstić information content (AvgIpc) is 3.00. The van der Waals surface area contributed by atoms with Gasteiger partial charge in [-0.05, 0) is 38.8 Å². The first-order chi connectivity index (χ1) is 8.74. The van der Waals surface area contributed by atoms with Gasteiger partial charge in [0.1, 0.15) is 5.76 Å². The molecule has 0 aromatic carbocycles. The summed E-state index contributed by atoms with van der Waals surface area (Å²) in [5.41, 5.74) is 6.26. The number of nitrogens with two attached hydrogens (primary N) is 1. The van der Waals surface area contributed by atoms with Crippen molar-refractivity contribution in [2.24, 2.45) is 5.73 Å². The summed E-state index contributed by atoms with van der Waals surface area (Å²) < 4.78 is 5.23. The molecule has 1 aromatic rings. The van der Waals surface area contributed by atoms with Gasteiger partial charge in [0.2, 0.25) is 0 Å². The second-order valence-electron chi connectivity index (χ2n) is 4.97. The fourth-order valence-corrected chi connectivity index (χ4v) is 2.69. The molecule has 2 rings (SSSR count). The highest BCUT2D eigenvalue weighted by molar-refractivity contribution is 5.95. The Morgan fingerprint density at radius 3 is 2.78 bits per heavy atom. The molecule has 1 fully saturated rings. The molecule has 1 saturated carbocycles. The predicted octanol–water partition coefficient (Wildman–Crippen LogP) is 2.32. The molecule has 100 valence electrons. The Hall–Kier alpha value is -1.29. The lowest BCUT2D eigenvalue weighted by Crippen LogP contribution is -2.40. The lowest BCUT2D eigenvalue weighted by atomic mass is 10.1. The van der Waals surface area contributed by atoms with E-state index in [1.165, 1.54) is 12.8 Å². The standard InChI is InChI=1S/C14H22N2O2/c1-11-13(7-10-18-11)14(17)16(9-4-8-15)12-5-2-3-6-12/h7,10,12H,2-6,8-9,15H2,1H3. The van der Waals surface area contributed by atoms with Gasteiger partial charge in [0.05, 0.1) is 11.8 Å². The van der Waals surface area contributed by atoms with Crippen LogP contribution in [-0.2, 0) is 0 Å². The van der Waals surface area contributed by atoms with Crippen LogP contribution in [0.1, 0.15) is 48.2 Å². The first-order valence-electron chi connectivity index (χ1n) is 6.79. The number of aryl methyl sites for hydroxylation is 1. The number of nitrogens with zero attached hydrogens (tertiary/aromatic N) is 1. The second kappa shape index (κ2) is 6.05. The first-order valence-corrected chi connectivity index (χ1v) is 6.79. The molecule has 1 aliphatic carbocycles. The normalized spacial score (nSPS) is 16.1. The van der Waals surface area contributed by atoms with Gasteiger partial charge >= 0.3 is 0 Å². The minimum atomic E-state index is 0.0987. The smallest absolute Gasteiger partial charge is 0.257 e. The van der Waals surface area contributed by atoms with Gasteiger partial charge in [-0.2, -0.15) is 0 Å². The molecule has 1 aliphatic rings. The van der Waals surface area contributed by atoms with Crippen molar-refractivity contribution in [3.05, 3.63) is 23.7 Å². The van der Waals surface area contributed by atoms with Crippen LogP contribution in [0.2, 0.25) is 0 Å². The van der Waals surface area contributed by atoms with Gasteiger partial charge < -0.3 is 15.1 Å². The first kappa shape index (κ1) is 13.1. The molecule has 0 aliphatic heterocycles. The molecule has 0 bridgehead atoms. The quantitative estimate of drug-likeness (QED) is 0.872. The number of carbonyl (C=O) groups excluding carboxylic acids is 1. The van der Waals surface area contributed by atoms with Gasteiger partial charge in [0, 0.05) is 12.6 Å². The molecular formula is C14H22N2O2. The number of amides is 1. The van der Waals surface area contributed by atoms with E-state index in [2.05, 4.69) is 0 Å². The summed E-state index contributed by atoms with van der Waals surface area (Å²) in [7, 11) is 0. The van der Waals surface area contributed by atoms with Gasteiger partial charge in [-0.25, -0.2) is 0 Å². The Morgan fingerprint density at radius 1 is 1.50 bits per heavy atom. The van der Waals surface area contributed by atoms with E-state index >= 15 is 0 Å². The number of hydrogen-bond acceptors (Lipinski definition) is 3. The molecule has 0 spiro atoms. The predicted molar refractivity (Wildman–Crippen MR) is 70.4 cm³/mol. The molecule has 0 atom stereocenters. The monoisotopic (exact) mass is 250 g/mol. The summed E-state index contributed by atoms with van der Waals surface area (Å²) in [4.78, 5) is 14.5. The highest BCUT2D eigenvalue weighted by Gasteiger charge is 2.28. The molecule has 0 unspecified atom stereocenters. The maximum Gasteiger partial charge on any atom is 0.257 e. The fraction of sp³-hybridized carbons (Fsp3) is 0.643. The minimum Gasteiger partial charge on any atom is -0.469 e. The molecule has 2 N–H and O–H groups in total. The van der Waals surface area contributed by atoms with Crippen molar-refractivity contribution in [1.82, 2.24) is 4.90 Å². The van der Waals surface area contributed by atoms with Crippen molar-refractivity contribution in [2.75, 3.05) is 13.1 Å². The molecule has 0 radical (unpaired) electrons. The van der Waals surface area contributed by atoms with E-state index < -0.39 is 0 Å². The van der Waals surface area contributed by atoms with Crippen LogP contribution in [0.5, 0.6) is 0 Å². The lowest BCUT2D eigenvalue weighted by molar-refractivity contribution is 0.0678. The zero-order chi connectivity index (χ0) is 13.0. The van der Waals surface area contributed by atoms with Crippen LogP contribution >= 0.6 is 0 Å². The third-order valence-electron chi connectivity index (χ3n) is 3.72. The maximum atomic E-state index is 12.5. The largest absolute Gasteiger partial charge is 0.469 e. The van der Waals surface area contributed by atoms with E-state index in [1.807, 2.05) is 11.8 Å². The number of furan rings is 1. The van der Waals surface area contributed by atoms with Crippen molar-refractivity contribution >= 4 is 5.91 Å². The number of hydrogen-bond donors (Lipinski definition) is 1. The average molecular weight is 250 g/mol. The van der Waals surface area contributed by atoms with Crippen molar-refractivity contribution in [1.29, 1.82) is 0 Å². The van der Waals surface area contributed by atoms with E-state index in [0.717, 1.165) is 25.8 Å². The van der Waals surface area contributed by atoms with Gasteiger partial charge in [0.15, 0.2) is 0 Å². The van der Waals surface area contributed by atoms with Crippen molar-refractivity contribution < 1.29 is 9.21 Å². The molecule has 0 saturated heterocycles. The number of carbonyl (C=O) groups is 1. The Morgan fingerprint density at radius 2 is 2.22 bits per heavy atom. The van der Waals surface area contributed by atoms with Gasteiger partial charge in [-0.1, -0.05) is 12.8 Å². The molecule has 18 heavy (non-hydrogen) atoms. The van der Waals surface area contributed by atoms with E-state index in [9.17, 15) is 4.79 Å². The molecular weight excluding hydrogens is 228 g/mol. The summed E-state index contributed by atoms with van der Waals surface area (Å²) >= 11 is 0.